The average Bonchev–Trinajstić information content (AvgIpc) is 2.77. The fourth-order valence-electron chi connectivity index (χ4n) is 5.08. The molecular formula is C21H40N4O3S. The van der Waals surface area contributed by atoms with E-state index in [-0.39, 0.29) is 11.8 Å². The van der Waals surface area contributed by atoms with Gasteiger partial charge >= 0.3 is 0 Å². The van der Waals surface area contributed by atoms with Crippen LogP contribution in [0.25, 0.3) is 0 Å². The summed E-state index contributed by atoms with van der Waals surface area (Å²) in [6.07, 6.45) is 10.6. The molecular weight excluding hydrogens is 388 g/mol. The molecule has 1 amide bonds. The number of nitrogens with zero attached hydrogens (tertiary/aromatic N) is 3. The van der Waals surface area contributed by atoms with E-state index in [1.54, 1.807) is 8.61 Å². The highest BCUT2D eigenvalue weighted by Crippen LogP contribution is 2.24. The van der Waals surface area contributed by atoms with Crippen LogP contribution in [0.1, 0.15) is 71.1 Å². The molecule has 3 fully saturated rings. The summed E-state index contributed by atoms with van der Waals surface area (Å²) in [5.41, 5.74) is 0. The third-order valence-electron chi connectivity index (χ3n) is 6.86. The lowest BCUT2D eigenvalue weighted by Crippen LogP contribution is -2.51. The monoisotopic (exact) mass is 428 g/mol. The summed E-state index contributed by atoms with van der Waals surface area (Å²) in [5.74, 6) is -0.198. The Bertz CT molecular complexity index is 621. The molecule has 2 atom stereocenters. The molecule has 0 spiro atoms. The Balaban J connectivity index is 1.42. The smallest absolute Gasteiger partial charge is 0.281 e. The highest BCUT2D eigenvalue weighted by atomic mass is 32.2. The van der Waals surface area contributed by atoms with Crippen LogP contribution in [-0.2, 0) is 15.0 Å². The van der Waals surface area contributed by atoms with Gasteiger partial charge < -0.3 is 10.2 Å². The number of likely N-dealkylation sites (tertiary alicyclic amines) is 1. The molecule has 7 nitrogen and oxygen atoms in total. The Hall–Kier alpha value is -0.700. The Morgan fingerprint density at radius 1 is 0.931 bits per heavy atom. The number of hydrogen-bond acceptors (Lipinski definition) is 4. The summed E-state index contributed by atoms with van der Waals surface area (Å²) >= 11 is 0. The average molecular weight is 429 g/mol. The van der Waals surface area contributed by atoms with Crippen LogP contribution in [0.2, 0.25) is 0 Å². The van der Waals surface area contributed by atoms with Gasteiger partial charge in [-0.2, -0.15) is 17.0 Å². The summed E-state index contributed by atoms with van der Waals surface area (Å²) in [5, 5.41) is 3.08. The summed E-state index contributed by atoms with van der Waals surface area (Å²) < 4.78 is 29.0. The van der Waals surface area contributed by atoms with Crippen LogP contribution in [-0.4, -0.2) is 79.7 Å². The largest absolute Gasteiger partial charge is 0.356 e. The van der Waals surface area contributed by atoms with Crippen LogP contribution in [0.3, 0.4) is 0 Å². The number of amides is 1. The van der Waals surface area contributed by atoms with Crippen LogP contribution in [0.15, 0.2) is 0 Å². The molecule has 1 N–H and O–H groups in total. The fourth-order valence-corrected chi connectivity index (χ4v) is 6.85. The van der Waals surface area contributed by atoms with Gasteiger partial charge in [-0.05, 0) is 57.9 Å². The van der Waals surface area contributed by atoms with Crippen molar-refractivity contribution in [2.75, 3.05) is 45.8 Å². The molecule has 0 aliphatic carbocycles. The minimum atomic E-state index is -3.42. The van der Waals surface area contributed by atoms with Crippen molar-refractivity contribution in [1.29, 1.82) is 0 Å². The van der Waals surface area contributed by atoms with Gasteiger partial charge in [-0.1, -0.05) is 19.8 Å². The van der Waals surface area contributed by atoms with Crippen molar-refractivity contribution in [1.82, 2.24) is 18.8 Å². The molecule has 168 valence electrons. The van der Waals surface area contributed by atoms with Gasteiger partial charge in [-0.3, -0.25) is 4.79 Å². The normalized spacial score (nSPS) is 28.3. The highest BCUT2D eigenvalue weighted by molar-refractivity contribution is 7.86. The number of hydrogen-bond donors (Lipinski definition) is 1. The summed E-state index contributed by atoms with van der Waals surface area (Å²) in [4.78, 5) is 15.2. The molecule has 8 heteroatoms. The molecule has 0 unspecified atom stereocenters. The number of piperidine rings is 3. The second-order valence-corrected chi connectivity index (χ2v) is 10.8. The molecule has 3 aliphatic heterocycles. The first kappa shape index (κ1) is 23.0. The molecule has 0 aromatic carbocycles. The summed E-state index contributed by atoms with van der Waals surface area (Å²) in [6.45, 7) is 7.26. The van der Waals surface area contributed by atoms with Crippen LogP contribution >= 0.6 is 0 Å². The summed E-state index contributed by atoms with van der Waals surface area (Å²) in [7, 11) is -3.42. The molecule has 0 aromatic rings. The zero-order valence-electron chi connectivity index (χ0n) is 18.2. The molecule has 0 radical (unpaired) electrons. The van der Waals surface area contributed by atoms with Gasteiger partial charge in [0.15, 0.2) is 0 Å². The van der Waals surface area contributed by atoms with Gasteiger partial charge in [-0.25, -0.2) is 0 Å². The SMILES string of the molecule is CC[C@@H]1CCCCN1CCCNC(=O)[C@H]1CCCN(S(=O)(=O)N2CCCCC2)C1. The van der Waals surface area contributed by atoms with E-state index in [0.717, 1.165) is 45.1 Å². The lowest BCUT2D eigenvalue weighted by atomic mass is 9.98. The zero-order chi connectivity index (χ0) is 20.7. The highest BCUT2D eigenvalue weighted by Gasteiger charge is 2.36. The zero-order valence-corrected chi connectivity index (χ0v) is 19.0. The van der Waals surface area contributed by atoms with Crippen molar-refractivity contribution in [2.24, 2.45) is 5.92 Å². The quantitative estimate of drug-likeness (QED) is 0.602. The van der Waals surface area contributed by atoms with Crippen molar-refractivity contribution in [2.45, 2.75) is 77.2 Å². The third-order valence-corrected chi connectivity index (χ3v) is 8.87. The third kappa shape index (κ3) is 6.15. The molecule has 3 aliphatic rings. The van der Waals surface area contributed by atoms with Gasteiger partial charge in [0.05, 0.1) is 5.92 Å². The minimum absolute atomic E-state index is 0.0224. The van der Waals surface area contributed by atoms with Gasteiger partial charge in [0.1, 0.15) is 0 Å². The molecule has 0 aromatic heterocycles. The Kier molecular flexibility index (Phi) is 8.77. The lowest BCUT2D eigenvalue weighted by Gasteiger charge is -2.36. The number of carbonyl (C=O) groups is 1. The standard InChI is InChI=1S/C21H40N4O3S/c1-2-20-11-4-7-13-23(20)14-9-12-22-21(26)19-10-8-17-25(18-19)29(27,28)24-15-5-3-6-16-24/h19-20H,2-18H2,1H3,(H,22,26)/t19-,20+/m0/s1. The maximum Gasteiger partial charge on any atom is 0.281 e. The Labute approximate surface area is 177 Å². The topological polar surface area (TPSA) is 73.0 Å². The predicted molar refractivity (Wildman–Crippen MR) is 116 cm³/mol. The van der Waals surface area contributed by atoms with E-state index in [2.05, 4.69) is 17.1 Å². The predicted octanol–water partition coefficient (Wildman–Crippen LogP) is 2.20. The van der Waals surface area contributed by atoms with Crippen molar-refractivity contribution in [3.8, 4) is 0 Å². The van der Waals surface area contributed by atoms with Gasteiger partial charge in [0.2, 0.25) is 5.91 Å². The van der Waals surface area contributed by atoms with Crippen LogP contribution in [0, 0.1) is 5.92 Å². The first-order chi connectivity index (χ1) is 14.0. The molecule has 3 saturated heterocycles. The van der Waals surface area contributed by atoms with Gasteiger partial charge in [-0.15, -0.1) is 0 Å². The lowest BCUT2D eigenvalue weighted by molar-refractivity contribution is -0.126. The van der Waals surface area contributed by atoms with Crippen molar-refractivity contribution < 1.29 is 13.2 Å². The van der Waals surface area contributed by atoms with E-state index in [0.29, 0.717) is 38.8 Å². The van der Waals surface area contributed by atoms with E-state index in [4.69, 9.17) is 0 Å². The van der Waals surface area contributed by atoms with Crippen LogP contribution in [0.4, 0.5) is 0 Å². The van der Waals surface area contributed by atoms with E-state index < -0.39 is 10.2 Å². The van der Waals surface area contributed by atoms with Crippen LogP contribution < -0.4 is 5.32 Å². The summed E-state index contributed by atoms with van der Waals surface area (Å²) in [6, 6.07) is 0.700. The molecule has 3 heterocycles. The van der Waals surface area contributed by atoms with Crippen molar-refractivity contribution >= 4 is 16.1 Å². The van der Waals surface area contributed by atoms with Gasteiger partial charge in [0.25, 0.3) is 10.2 Å². The number of rotatable bonds is 8. The first-order valence-corrected chi connectivity index (χ1v) is 13.2. The van der Waals surface area contributed by atoms with E-state index >= 15 is 0 Å². The maximum absolute atomic E-state index is 12.9. The Morgan fingerprint density at radius 3 is 2.41 bits per heavy atom. The van der Waals surface area contributed by atoms with Crippen LogP contribution in [0.5, 0.6) is 0 Å². The Morgan fingerprint density at radius 2 is 1.66 bits per heavy atom. The molecule has 3 rings (SSSR count). The van der Waals surface area contributed by atoms with E-state index in [9.17, 15) is 13.2 Å². The minimum Gasteiger partial charge on any atom is -0.356 e. The van der Waals surface area contributed by atoms with Crippen molar-refractivity contribution in [3.05, 3.63) is 0 Å². The van der Waals surface area contributed by atoms with Crippen molar-refractivity contribution in [3.63, 3.8) is 0 Å². The van der Waals surface area contributed by atoms with E-state index in [1.165, 1.54) is 32.2 Å². The second kappa shape index (κ2) is 11.1. The molecule has 0 bridgehead atoms. The second-order valence-electron chi connectivity index (χ2n) is 8.90. The fraction of sp³-hybridized carbons (Fsp3) is 0.952. The molecule has 29 heavy (non-hydrogen) atoms. The number of nitrogens with one attached hydrogen (secondary N) is 1. The van der Waals surface area contributed by atoms with Gasteiger partial charge in [0, 0.05) is 45.3 Å². The number of carbonyl (C=O) groups excluding carboxylic acids is 1. The maximum atomic E-state index is 12.9. The molecule has 0 saturated carbocycles. The first-order valence-electron chi connectivity index (χ1n) is 11.8. The van der Waals surface area contributed by atoms with E-state index in [1.807, 2.05) is 0 Å².